The average Bonchev–Trinajstić information content (AvgIpc) is 2.72. The van der Waals surface area contributed by atoms with Gasteiger partial charge in [0.15, 0.2) is 0 Å². The normalized spacial score (nSPS) is 13.8. The van der Waals surface area contributed by atoms with Gasteiger partial charge in [0.1, 0.15) is 5.60 Å². The summed E-state index contributed by atoms with van der Waals surface area (Å²) in [6, 6.07) is 3.31. The number of amides is 2. The average molecular weight is 473 g/mol. The van der Waals surface area contributed by atoms with Crippen LogP contribution < -0.4 is 4.90 Å². The molecule has 0 saturated carbocycles. The molecule has 0 aromatic heterocycles. The summed E-state index contributed by atoms with van der Waals surface area (Å²) in [4.78, 5) is 40.2. The lowest BCUT2D eigenvalue weighted by molar-refractivity contribution is -0.186. The molecule has 1 aromatic rings. The molecule has 0 aliphatic carbocycles. The van der Waals surface area contributed by atoms with E-state index in [1.54, 1.807) is 40.9 Å². The van der Waals surface area contributed by atoms with E-state index >= 15 is 0 Å². The number of alkyl halides is 3. The van der Waals surface area contributed by atoms with Crippen molar-refractivity contribution in [3.63, 3.8) is 0 Å². The summed E-state index contributed by atoms with van der Waals surface area (Å²) in [6.45, 7) is 5.63. The molecule has 0 saturated heterocycles. The van der Waals surface area contributed by atoms with Crippen LogP contribution >= 0.6 is 0 Å². The number of hydrogen-bond donors (Lipinski definition) is 0. The maximum absolute atomic E-state index is 12.9. The Hall–Kier alpha value is -2.98. The van der Waals surface area contributed by atoms with Crippen LogP contribution in [0.3, 0.4) is 0 Å². The van der Waals surface area contributed by atoms with Gasteiger partial charge >= 0.3 is 24.1 Å². The minimum absolute atomic E-state index is 0.108. The summed E-state index contributed by atoms with van der Waals surface area (Å²) in [7, 11) is 4.57. The van der Waals surface area contributed by atoms with Crippen molar-refractivity contribution in [1.82, 2.24) is 9.80 Å². The summed E-state index contributed by atoms with van der Waals surface area (Å²) < 4.78 is 48.8. The van der Waals surface area contributed by atoms with E-state index < -0.39 is 29.7 Å². The highest BCUT2D eigenvalue weighted by atomic mass is 19.4. The van der Waals surface area contributed by atoms with E-state index in [0.717, 1.165) is 0 Å². The molecule has 0 N–H and O–H groups in total. The Balaban J connectivity index is 2.22. The van der Waals surface area contributed by atoms with Gasteiger partial charge in [-0.1, -0.05) is 0 Å². The third kappa shape index (κ3) is 6.75. The van der Waals surface area contributed by atoms with E-state index in [9.17, 15) is 27.6 Å². The topological polar surface area (TPSA) is 79.4 Å². The lowest BCUT2D eigenvalue weighted by Gasteiger charge is -2.32. The van der Waals surface area contributed by atoms with Gasteiger partial charge in [-0.25, -0.2) is 9.59 Å². The smallest absolute Gasteiger partial charge is 0.465 e. The summed E-state index contributed by atoms with van der Waals surface area (Å²) in [5.41, 5.74) is 1.14. The van der Waals surface area contributed by atoms with Crippen molar-refractivity contribution >= 4 is 23.7 Å². The molecule has 1 heterocycles. The van der Waals surface area contributed by atoms with E-state index in [2.05, 4.69) is 0 Å². The highest BCUT2D eigenvalue weighted by Crippen LogP contribution is 2.31. The molecule has 2 rings (SSSR count). The van der Waals surface area contributed by atoms with Crippen molar-refractivity contribution in [1.29, 1.82) is 0 Å². The second kappa shape index (κ2) is 9.88. The van der Waals surface area contributed by atoms with E-state index in [1.807, 2.05) is 4.90 Å². The van der Waals surface area contributed by atoms with E-state index in [4.69, 9.17) is 9.47 Å². The lowest BCUT2D eigenvalue weighted by Crippen LogP contribution is -2.44. The first-order chi connectivity index (χ1) is 15.1. The Morgan fingerprint density at radius 1 is 1.09 bits per heavy atom. The number of benzene rings is 1. The zero-order valence-corrected chi connectivity index (χ0v) is 19.7. The highest BCUT2D eigenvalue weighted by Gasteiger charge is 2.43. The number of carbonyl (C=O) groups is 3. The maximum Gasteiger partial charge on any atom is 0.471 e. The Kier molecular flexibility index (Phi) is 7.87. The van der Waals surface area contributed by atoms with Crippen molar-refractivity contribution in [2.75, 3.05) is 45.7 Å². The minimum atomic E-state index is -4.98. The number of esters is 1. The van der Waals surface area contributed by atoms with Crippen molar-refractivity contribution in [3.8, 4) is 0 Å². The van der Waals surface area contributed by atoms with E-state index in [1.165, 1.54) is 18.1 Å². The molecule has 0 fully saturated rings. The number of hydrogen-bond acceptors (Lipinski definition) is 6. The molecule has 2 amide bonds. The number of ether oxygens (including phenoxy) is 2. The number of anilines is 1. The fourth-order valence-corrected chi connectivity index (χ4v) is 3.38. The maximum atomic E-state index is 12.9. The van der Waals surface area contributed by atoms with Gasteiger partial charge in [-0.15, -0.1) is 0 Å². The van der Waals surface area contributed by atoms with Crippen molar-refractivity contribution in [3.05, 3.63) is 28.8 Å². The number of fused-ring (bicyclic) bond motifs is 1. The third-order valence-corrected chi connectivity index (χ3v) is 5.18. The molecule has 1 aliphatic heterocycles. The first kappa shape index (κ1) is 26.3. The predicted octanol–water partition coefficient (Wildman–Crippen LogP) is 3.22. The van der Waals surface area contributed by atoms with Crippen LogP contribution in [0.15, 0.2) is 12.1 Å². The Morgan fingerprint density at radius 3 is 2.27 bits per heavy atom. The largest absolute Gasteiger partial charge is 0.471 e. The molecule has 0 atom stereocenters. The Morgan fingerprint density at radius 2 is 1.73 bits per heavy atom. The van der Waals surface area contributed by atoms with Crippen LogP contribution in [-0.2, 0) is 27.2 Å². The SMILES string of the molecule is COC(=O)c1cc(N(C)CCN(C)C(=O)OC(C)(C)C)cc2c1CN(C(=O)C(F)(F)F)CC2. The Bertz CT molecular complexity index is 912. The standard InChI is InChI=1S/C22H30F3N3O5/c1-21(2,3)33-20(31)27(5)10-9-26(4)15-11-14-7-8-28(19(30)22(23,24)25)13-17(14)16(12-15)18(29)32-6/h11-12H,7-10,13H2,1-6H3. The van der Waals surface area contributed by atoms with Crippen LogP contribution in [0.1, 0.15) is 42.3 Å². The number of nitrogens with zero attached hydrogens (tertiary/aromatic N) is 3. The van der Waals surface area contributed by atoms with Gasteiger partial charge in [0.25, 0.3) is 0 Å². The van der Waals surface area contributed by atoms with Gasteiger partial charge in [0.05, 0.1) is 12.7 Å². The van der Waals surface area contributed by atoms with Crippen LogP contribution in [0.25, 0.3) is 0 Å². The monoisotopic (exact) mass is 473 g/mol. The van der Waals surface area contributed by atoms with Crippen LogP contribution in [0.2, 0.25) is 0 Å². The van der Waals surface area contributed by atoms with E-state index in [0.29, 0.717) is 34.8 Å². The van der Waals surface area contributed by atoms with Crippen LogP contribution in [-0.4, -0.2) is 80.4 Å². The molecule has 0 bridgehead atoms. The van der Waals surface area contributed by atoms with Gasteiger partial charge in [-0.05, 0) is 50.5 Å². The summed E-state index contributed by atoms with van der Waals surface area (Å²) >= 11 is 0. The zero-order valence-electron chi connectivity index (χ0n) is 19.7. The molecule has 11 heteroatoms. The number of rotatable bonds is 5. The highest BCUT2D eigenvalue weighted by molar-refractivity contribution is 5.93. The zero-order chi connectivity index (χ0) is 25.1. The molecule has 184 valence electrons. The third-order valence-electron chi connectivity index (χ3n) is 5.18. The van der Waals surface area contributed by atoms with Gasteiger partial charge in [-0.2, -0.15) is 13.2 Å². The second-order valence-corrected chi connectivity index (χ2v) is 8.92. The number of methoxy groups -OCH3 is 1. The van der Waals surface area contributed by atoms with Gasteiger partial charge < -0.3 is 24.2 Å². The second-order valence-electron chi connectivity index (χ2n) is 8.92. The molecular weight excluding hydrogens is 443 g/mol. The summed E-state index contributed by atoms with van der Waals surface area (Å²) in [5, 5.41) is 0. The van der Waals surface area contributed by atoms with Crippen molar-refractivity contribution < 1.29 is 37.0 Å². The van der Waals surface area contributed by atoms with Crippen molar-refractivity contribution in [2.24, 2.45) is 0 Å². The van der Waals surface area contributed by atoms with Crippen LogP contribution in [0, 0.1) is 0 Å². The summed E-state index contributed by atoms with van der Waals surface area (Å²) in [5.74, 6) is -2.64. The first-order valence-corrected chi connectivity index (χ1v) is 10.4. The fraction of sp³-hybridized carbons (Fsp3) is 0.591. The first-order valence-electron chi connectivity index (χ1n) is 10.4. The molecular formula is C22H30F3N3O5. The van der Waals surface area contributed by atoms with Crippen molar-refractivity contribution in [2.45, 2.75) is 45.5 Å². The quantitative estimate of drug-likeness (QED) is 0.611. The van der Waals surface area contributed by atoms with Gasteiger partial charge in [-0.3, -0.25) is 4.79 Å². The van der Waals surface area contributed by atoms with E-state index in [-0.39, 0.29) is 25.1 Å². The minimum Gasteiger partial charge on any atom is -0.465 e. The molecule has 1 aromatic carbocycles. The van der Waals surface area contributed by atoms with Crippen LogP contribution in [0.5, 0.6) is 0 Å². The molecule has 0 unspecified atom stereocenters. The molecule has 33 heavy (non-hydrogen) atoms. The molecule has 8 nitrogen and oxygen atoms in total. The lowest BCUT2D eigenvalue weighted by atomic mass is 9.93. The number of likely N-dealkylation sites (N-methyl/N-ethyl adjacent to an activating group) is 2. The fourth-order valence-electron chi connectivity index (χ4n) is 3.38. The Labute approximate surface area is 191 Å². The number of carbonyl (C=O) groups excluding carboxylic acids is 3. The van der Waals surface area contributed by atoms with Gasteiger partial charge in [0.2, 0.25) is 0 Å². The summed E-state index contributed by atoms with van der Waals surface area (Å²) in [6.07, 6.45) is -5.28. The number of halogens is 3. The van der Waals surface area contributed by atoms with Gasteiger partial charge in [0, 0.05) is 46.0 Å². The van der Waals surface area contributed by atoms with Crippen LogP contribution in [0.4, 0.5) is 23.7 Å². The molecule has 0 spiro atoms. The molecule has 0 radical (unpaired) electrons. The molecule has 1 aliphatic rings. The predicted molar refractivity (Wildman–Crippen MR) is 115 cm³/mol.